The maximum absolute atomic E-state index is 12.2. The van der Waals surface area contributed by atoms with Crippen molar-refractivity contribution in [2.24, 2.45) is 0 Å². The van der Waals surface area contributed by atoms with Gasteiger partial charge in [0.25, 0.3) is 5.95 Å². The van der Waals surface area contributed by atoms with E-state index in [-0.39, 0.29) is 5.91 Å². The summed E-state index contributed by atoms with van der Waals surface area (Å²) in [5.74, 6) is 1.39. The Bertz CT molecular complexity index is 1050. The number of anilines is 1. The number of ether oxygens (including phenoxy) is 2. The quantitative estimate of drug-likeness (QED) is 0.647. The van der Waals surface area contributed by atoms with Gasteiger partial charge in [0.2, 0.25) is 5.91 Å². The molecule has 2 heterocycles. The van der Waals surface area contributed by atoms with Crippen LogP contribution in [0.25, 0.3) is 12.0 Å². The van der Waals surface area contributed by atoms with Crippen molar-refractivity contribution >= 4 is 17.7 Å². The van der Waals surface area contributed by atoms with Crippen molar-refractivity contribution in [3.63, 3.8) is 0 Å². The lowest BCUT2D eigenvalue weighted by Crippen LogP contribution is -2.10. The highest BCUT2D eigenvalue weighted by molar-refractivity contribution is 6.01. The van der Waals surface area contributed by atoms with E-state index in [4.69, 9.17) is 9.47 Å². The smallest absolute Gasteiger partial charge is 0.250 e. The fraction of sp³-hybridized carbons (Fsp3) is 0.238. The van der Waals surface area contributed by atoms with Crippen LogP contribution in [0.5, 0.6) is 11.5 Å². The van der Waals surface area contributed by atoms with E-state index in [0.29, 0.717) is 23.1 Å². The van der Waals surface area contributed by atoms with Crippen molar-refractivity contribution < 1.29 is 14.3 Å². The Labute approximate surface area is 169 Å². The highest BCUT2D eigenvalue weighted by atomic mass is 16.5. The van der Waals surface area contributed by atoms with E-state index in [1.165, 1.54) is 6.08 Å². The van der Waals surface area contributed by atoms with E-state index in [9.17, 15) is 4.79 Å². The molecule has 8 heteroatoms. The van der Waals surface area contributed by atoms with Crippen LogP contribution in [0, 0.1) is 20.8 Å². The van der Waals surface area contributed by atoms with E-state index < -0.39 is 0 Å². The van der Waals surface area contributed by atoms with Crippen molar-refractivity contribution in [3.8, 4) is 17.4 Å². The van der Waals surface area contributed by atoms with Gasteiger partial charge in [0.05, 0.1) is 38.0 Å². The lowest BCUT2D eigenvalue weighted by molar-refractivity contribution is -0.111. The lowest BCUT2D eigenvalue weighted by Gasteiger charge is -2.07. The normalized spacial score (nSPS) is 10.9. The van der Waals surface area contributed by atoms with Gasteiger partial charge in [0, 0.05) is 11.8 Å². The number of hydrogen-bond donors (Lipinski definition) is 1. The second-order valence-corrected chi connectivity index (χ2v) is 6.42. The van der Waals surface area contributed by atoms with Gasteiger partial charge < -0.3 is 14.8 Å². The summed E-state index contributed by atoms with van der Waals surface area (Å²) in [4.78, 5) is 20.8. The molecule has 2 aromatic heterocycles. The van der Waals surface area contributed by atoms with Gasteiger partial charge in [-0.1, -0.05) is 6.07 Å². The molecule has 0 aliphatic heterocycles. The first-order chi connectivity index (χ1) is 13.9. The molecule has 0 saturated heterocycles. The Morgan fingerprint density at radius 1 is 1.07 bits per heavy atom. The fourth-order valence-electron chi connectivity index (χ4n) is 2.72. The van der Waals surface area contributed by atoms with E-state index in [2.05, 4.69) is 20.4 Å². The minimum atomic E-state index is -0.293. The van der Waals surface area contributed by atoms with Crippen molar-refractivity contribution in [3.05, 3.63) is 59.2 Å². The Hall–Kier alpha value is -3.68. The largest absolute Gasteiger partial charge is 0.493 e. The molecule has 3 rings (SSSR count). The van der Waals surface area contributed by atoms with Crippen molar-refractivity contribution in [2.75, 3.05) is 19.5 Å². The number of hydrogen-bond acceptors (Lipinski definition) is 6. The minimum absolute atomic E-state index is 0.293. The summed E-state index contributed by atoms with van der Waals surface area (Å²) in [7, 11) is 3.14. The third-order valence-corrected chi connectivity index (χ3v) is 4.58. The topological polar surface area (TPSA) is 91.2 Å². The Balaban J connectivity index is 1.68. The van der Waals surface area contributed by atoms with E-state index in [1.54, 1.807) is 49.5 Å². The number of nitrogens with zero attached hydrogens (tertiary/aromatic N) is 4. The molecule has 0 aliphatic carbocycles. The molecule has 3 aromatic rings. The highest BCUT2D eigenvalue weighted by Crippen LogP contribution is 2.28. The number of nitrogens with one attached hydrogen (secondary N) is 1. The molecule has 0 aliphatic rings. The molecule has 1 N–H and O–H groups in total. The van der Waals surface area contributed by atoms with Crippen LogP contribution < -0.4 is 14.8 Å². The number of rotatable bonds is 6. The van der Waals surface area contributed by atoms with Gasteiger partial charge in [-0.3, -0.25) is 4.79 Å². The van der Waals surface area contributed by atoms with Crippen LogP contribution in [-0.4, -0.2) is 39.9 Å². The van der Waals surface area contributed by atoms with Crippen LogP contribution in [0.3, 0.4) is 0 Å². The summed E-state index contributed by atoms with van der Waals surface area (Å²) in [6, 6.07) is 5.40. The van der Waals surface area contributed by atoms with Gasteiger partial charge in [0.1, 0.15) is 0 Å². The summed E-state index contributed by atoms with van der Waals surface area (Å²) < 4.78 is 12.2. The van der Waals surface area contributed by atoms with Crippen LogP contribution in [0.15, 0.2) is 36.7 Å². The zero-order chi connectivity index (χ0) is 21.0. The van der Waals surface area contributed by atoms with Crippen molar-refractivity contribution in [1.29, 1.82) is 0 Å². The first-order valence-electron chi connectivity index (χ1n) is 8.99. The van der Waals surface area contributed by atoms with Gasteiger partial charge in [-0.15, -0.1) is 0 Å². The van der Waals surface area contributed by atoms with E-state index in [1.807, 2.05) is 26.8 Å². The molecule has 150 valence electrons. The molecule has 29 heavy (non-hydrogen) atoms. The summed E-state index contributed by atoms with van der Waals surface area (Å²) in [5, 5.41) is 7.17. The van der Waals surface area contributed by atoms with Gasteiger partial charge in [-0.05, 0) is 50.1 Å². The second-order valence-electron chi connectivity index (χ2n) is 6.42. The first-order valence-corrected chi connectivity index (χ1v) is 8.99. The molecule has 0 fully saturated rings. The monoisotopic (exact) mass is 393 g/mol. The van der Waals surface area contributed by atoms with Gasteiger partial charge in [0.15, 0.2) is 11.5 Å². The minimum Gasteiger partial charge on any atom is -0.493 e. The number of carbonyl (C=O) groups excluding carboxylic acids is 1. The third-order valence-electron chi connectivity index (χ3n) is 4.58. The number of benzene rings is 1. The van der Waals surface area contributed by atoms with Gasteiger partial charge >= 0.3 is 0 Å². The van der Waals surface area contributed by atoms with Crippen LogP contribution >= 0.6 is 0 Å². The summed E-state index contributed by atoms with van der Waals surface area (Å²) >= 11 is 0. The zero-order valence-electron chi connectivity index (χ0n) is 17.1. The van der Waals surface area contributed by atoms with Crippen molar-refractivity contribution in [1.82, 2.24) is 19.7 Å². The Kier molecular flexibility index (Phi) is 5.92. The number of carbonyl (C=O) groups is 1. The number of methoxy groups -OCH3 is 2. The third kappa shape index (κ3) is 4.43. The average Bonchev–Trinajstić information content (AvgIpc) is 2.99. The van der Waals surface area contributed by atoms with E-state index in [0.717, 1.165) is 22.5 Å². The average molecular weight is 393 g/mol. The van der Waals surface area contributed by atoms with Crippen LogP contribution in [0.1, 0.15) is 22.5 Å². The van der Waals surface area contributed by atoms with Crippen LogP contribution in [0.4, 0.5) is 5.69 Å². The molecule has 0 unspecified atom stereocenters. The van der Waals surface area contributed by atoms with Gasteiger partial charge in [-0.2, -0.15) is 5.10 Å². The predicted octanol–water partition coefficient (Wildman–Crippen LogP) is 3.26. The SMILES string of the molecule is COc1ccc(C=CC(=O)Nc2cnc(-n3nc(C)c(C)c3C)nc2)cc1OC. The zero-order valence-corrected chi connectivity index (χ0v) is 17.1. The molecule has 0 atom stereocenters. The molecule has 0 radical (unpaired) electrons. The molecular formula is C21H23N5O3. The second kappa shape index (κ2) is 8.55. The van der Waals surface area contributed by atoms with Gasteiger partial charge in [-0.25, -0.2) is 14.6 Å². The summed E-state index contributed by atoms with van der Waals surface area (Å²) in [6.45, 7) is 5.92. The number of amides is 1. The maximum atomic E-state index is 12.2. The number of aromatic nitrogens is 4. The molecular weight excluding hydrogens is 370 g/mol. The predicted molar refractivity (Wildman–Crippen MR) is 111 cm³/mol. The van der Waals surface area contributed by atoms with E-state index >= 15 is 0 Å². The first kappa shape index (κ1) is 20.1. The van der Waals surface area contributed by atoms with Crippen molar-refractivity contribution in [2.45, 2.75) is 20.8 Å². The van der Waals surface area contributed by atoms with Crippen LogP contribution in [-0.2, 0) is 4.79 Å². The molecule has 8 nitrogen and oxygen atoms in total. The number of aryl methyl sites for hydroxylation is 1. The summed E-state index contributed by atoms with van der Waals surface area (Å²) in [5.41, 5.74) is 4.32. The molecule has 1 aromatic carbocycles. The Morgan fingerprint density at radius 3 is 2.34 bits per heavy atom. The van der Waals surface area contributed by atoms with Crippen LogP contribution in [0.2, 0.25) is 0 Å². The molecule has 0 spiro atoms. The standard InChI is InChI=1S/C21H23N5O3/c1-13-14(2)25-26(15(13)3)21-22-11-17(12-23-21)24-20(27)9-7-16-6-8-18(28-4)19(10-16)29-5/h6-12H,1-5H3,(H,24,27). The summed E-state index contributed by atoms with van der Waals surface area (Å²) in [6.07, 6.45) is 6.22. The molecule has 0 saturated carbocycles. The Morgan fingerprint density at radius 2 is 1.76 bits per heavy atom. The molecule has 1 amide bonds. The lowest BCUT2D eigenvalue weighted by atomic mass is 10.2. The molecule has 0 bridgehead atoms. The maximum Gasteiger partial charge on any atom is 0.250 e. The fourth-order valence-corrected chi connectivity index (χ4v) is 2.72. The highest BCUT2D eigenvalue weighted by Gasteiger charge is 2.11.